The Labute approximate surface area is 85.8 Å². The van der Waals surface area contributed by atoms with Gasteiger partial charge in [-0.1, -0.05) is 6.58 Å². The summed E-state index contributed by atoms with van der Waals surface area (Å²) in [5.74, 6) is -0.539. The predicted octanol–water partition coefficient (Wildman–Crippen LogP) is 2.71. The Bertz CT molecular complexity index is 247. The first kappa shape index (κ1) is 13.0. The van der Waals surface area contributed by atoms with Crippen LogP contribution in [-0.2, 0) is 18.6 Å². The smallest absolute Gasteiger partial charge is 0.380 e. The van der Waals surface area contributed by atoms with E-state index in [1.54, 1.807) is 0 Å². The second kappa shape index (κ2) is 5.66. The van der Waals surface area contributed by atoms with E-state index in [1.807, 2.05) is 0 Å². The SMILES string of the molecule is C=C(C)C(=O)OCCOP(=O)(Cl)Cl. The molecule has 7 heteroatoms. The van der Waals surface area contributed by atoms with Crippen LogP contribution in [0.4, 0.5) is 0 Å². The molecule has 0 saturated carbocycles. The molecule has 0 fully saturated rings. The van der Waals surface area contributed by atoms with Gasteiger partial charge >= 0.3 is 12.0 Å². The highest BCUT2D eigenvalue weighted by Crippen LogP contribution is 2.57. The zero-order valence-electron chi connectivity index (χ0n) is 6.96. The molecule has 0 bridgehead atoms. The summed E-state index contributed by atoms with van der Waals surface area (Å²) in [6.07, 6.45) is -3.52. The van der Waals surface area contributed by atoms with Crippen molar-refractivity contribution in [2.75, 3.05) is 13.2 Å². The molecule has 0 heterocycles. The van der Waals surface area contributed by atoms with Gasteiger partial charge in [-0.2, -0.15) is 0 Å². The summed E-state index contributed by atoms with van der Waals surface area (Å²) in [4.78, 5) is 10.8. The van der Waals surface area contributed by atoms with E-state index in [9.17, 15) is 9.36 Å². The van der Waals surface area contributed by atoms with E-state index in [1.165, 1.54) is 6.92 Å². The molecule has 0 N–H and O–H groups in total. The minimum absolute atomic E-state index is 0.0604. The highest BCUT2D eigenvalue weighted by Gasteiger charge is 2.14. The Morgan fingerprint density at radius 3 is 2.38 bits per heavy atom. The molecular formula is C6H9Cl2O4P. The highest BCUT2D eigenvalue weighted by molar-refractivity contribution is 8.05. The van der Waals surface area contributed by atoms with Gasteiger partial charge in [0, 0.05) is 5.57 Å². The third-order valence-corrected chi connectivity index (χ3v) is 1.98. The number of ether oxygens (including phenoxy) is 1. The third-order valence-electron chi connectivity index (χ3n) is 0.907. The molecule has 76 valence electrons. The van der Waals surface area contributed by atoms with Crippen molar-refractivity contribution in [3.63, 3.8) is 0 Å². The lowest BCUT2D eigenvalue weighted by atomic mass is 10.4. The first-order valence-corrected chi connectivity index (χ1v) is 6.73. The fraction of sp³-hybridized carbons (Fsp3) is 0.500. The minimum atomic E-state index is -3.52. The Hall–Kier alpha value is -0.0200. The molecule has 0 aliphatic carbocycles. The molecule has 0 radical (unpaired) electrons. The van der Waals surface area contributed by atoms with Crippen LogP contribution in [0.2, 0.25) is 0 Å². The molecule has 0 aromatic carbocycles. The van der Waals surface area contributed by atoms with Crippen molar-refractivity contribution in [3.8, 4) is 0 Å². The summed E-state index contributed by atoms with van der Waals surface area (Å²) in [6, 6.07) is 0. The Morgan fingerprint density at radius 2 is 2.00 bits per heavy atom. The summed E-state index contributed by atoms with van der Waals surface area (Å²) >= 11 is 10.1. The van der Waals surface area contributed by atoms with Gasteiger partial charge in [0.2, 0.25) is 0 Å². The molecule has 0 aliphatic heterocycles. The maximum atomic E-state index is 10.8. The molecular weight excluding hydrogens is 238 g/mol. The number of halogens is 2. The largest absolute Gasteiger partial charge is 0.460 e. The third kappa shape index (κ3) is 8.31. The van der Waals surface area contributed by atoms with Crippen molar-refractivity contribution in [1.29, 1.82) is 0 Å². The standard InChI is InChI=1S/C6H9Cl2O4P/c1-5(2)6(9)11-3-4-12-13(7,8)10/h1,3-4H2,2H3. The Kier molecular flexibility index (Phi) is 5.65. The van der Waals surface area contributed by atoms with Gasteiger partial charge in [0.25, 0.3) is 0 Å². The first-order chi connectivity index (χ1) is 5.83. The van der Waals surface area contributed by atoms with Crippen LogP contribution in [0.25, 0.3) is 0 Å². The molecule has 0 atom stereocenters. The molecule has 13 heavy (non-hydrogen) atoms. The van der Waals surface area contributed by atoms with Gasteiger partial charge in [-0.05, 0) is 29.4 Å². The van der Waals surface area contributed by atoms with Crippen LogP contribution < -0.4 is 0 Å². The monoisotopic (exact) mass is 246 g/mol. The fourth-order valence-electron chi connectivity index (χ4n) is 0.401. The summed E-state index contributed by atoms with van der Waals surface area (Å²) in [7, 11) is 0. The fourth-order valence-corrected chi connectivity index (χ4v) is 1.10. The molecule has 0 rings (SSSR count). The van der Waals surface area contributed by atoms with E-state index in [0.717, 1.165) is 0 Å². The molecule has 0 aliphatic rings. The second-order valence-electron chi connectivity index (χ2n) is 2.16. The maximum absolute atomic E-state index is 10.8. The second-order valence-corrected chi connectivity index (χ2v) is 6.44. The summed E-state index contributed by atoms with van der Waals surface area (Å²) in [6.45, 7) is 4.70. The summed E-state index contributed by atoms with van der Waals surface area (Å²) < 4.78 is 19.6. The number of carbonyl (C=O) groups excluding carboxylic acids is 1. The van der Waals surface area contributed by atoms with Crippen molar-refractivity contribution >= 4 is 34.5 Å². The molecule has 4 nitrogen and oxygen atoms in total. The lowest BCUT2D eigenvalue weighted by Crippen LogP contribution is -2.09. The van der Waals surface area contributed by atoms with Crippen LogP contribution in [0.5, 0.6) is 0 Å². The van der Waals surface area contributed by atoms with Gasteiger partial charge in [-0.3, -0.25) is 4.57 Å². The van der Waals surface area contributed by atoms with Crippen molar-refractivity contribution < 1.29 is 18.6 Å². The van der Waals surface area contributed by atoms with Crippen molar-refractivity contribution in [2.24, 2.45) is 0 Å². The van der Waals surface area contributed by atoms with Crippen LogP contribution in [-0.4, -0.2) is 19.2 Å². The van der Waals surface area contributed by atoms with Gasteiger partial charge in [-0.25, -0.2) is 4.79 Å². The van der Waals surface area contributed by atoms with E-state index in [0.29, 0.717) is 0 Å². The predicted molar refractivity (Wildman–Crippen MR) is 51.0 cm³/mol. The van der Waals surface area contributed by atoms with Gasteiger partial charge in [0.15, 0.2) is 0 Å². The highest BCUT2D eigenvalue weighted by atomic mass is 35.9. The van der Waals surface area contributed by atoms with Crippen molar-refractivity contribution in [3.05, 3.63) is 12.2 Å². The van der Waals surface area contributed by atoms with Crippen molar-refractivity contribution in [1.82, 2.24) is 0 Å². The summed E-state index contributed by atoms with van der Waals surface area (Å²) in [5, 5.41) is 0. The number of esters is 1. The molecule has 0 aromatic rings. The van der Waals surface area contributed by atoms with E-state index >= 15 is 0 Å². The lowest BCUT2D eigenvalue weighted by Gasteiger charge is -2.05. The van der Waals surface area contributed by atoms with Crippen molar-refractivity contribution in [2.45, 2.75) is 6.92 Å². The first-order valence-electron chi connectivity index (χ1n) is 3.29. The molecule has 0 unspecified atom stereocenters. The average Bonchev–Trinajstić information content (AvgIpc) is 1.95. The van der Waals surface area contributed by atoms with Crippen LogP contribution in [0.3, 0.4) is 0 Å². The molecule has 0 amide bonds. The van der Waals surface area contributed by atoms with Crippen LogP contribution in [0.15, 0.2) is 12.2 Å². The zero-order valence-corrected chi connectivity index (χ0v) is 9.36. The molecule has 0 saturated heterocycles. The molecule has 0 aromatic heterocycles. The van der Waals surface area contributed by atoms with E-state index in [4.69, 9.17) is 22.5 Å². The van der Waals surface area contributed by atoms with Gasteiger partial charge in [0.05, 0.1) is 6.61 Å². The maximum Gasteiger partial charge on any atom is 0.380 e. The lowest BCUT2D eigenvalue weighted by molar-refractivity contribution is -0.139. The summed E-state index contributed by atoms with van der Waals surface area (Å²) in [5.41, 5.74) is 0.278. The number of hydrogen-bond donors (Lipinski definition) is 0. The van der Waals surface area contributed by atoms with Gasteiger partial charge in [0.1, 0.15) is 6.61 Å². The molecule has 0 spiro atoms. The quantitative estimate of drug-likeness (QED) is 0.324. The Balaban J connectivity index is 3.53. The zero-order chi connectivity index (χ0) is 10.5. The topological polar surface area (TPSA) is 52.6 Å². The number of hydrogen-bond acceptors (Lipinski definition) is 4. The normalized spacial score (nSPS) is 11.0. The van der Waals surface area contributed by atoms with Gasteiger partial charge in [-0.15, -0.1) is 0 Å². The number of carbonyl (C=O) groups is 1. The average molecular weight is 247 g/mol. The van der Waals surface area contributed by atoms with E-state index in [2.05, 4.69) is 15.8 Å². The van der Waals surface area contributed by atoms with Crippen LogP contribution >= 0.6 is 28.6 Å². The number of rotatable bonds is 5. The van der Waals surface area contributed by atoms with Gasteiger partial charge < -0.3 is 9.26 Å². The van der Waals surface area contributed by atoms with Crippen LogP contribution in [0.1, 0.15) is 6.92 Å². The Morgan fingerprint density at radius 1 is 1.46 bits per heavy atom. The van der Waals surface area contributed by atoms with Crippen LogP contribution in [0, 0.1) is 0 Å². The van der Waals surface area contributed by atoms with E-state index in [-0.39, 0.29) is 18.8 Å². The minimum Gasteiger partial charge on any atom is -0.460 e. The van der Waals surface area contributed by atoms with E-state index < -0.39 is 12.0 Å².